The monoisotopic (exact) mass is 253 g/mol. The summed E-state index contributed by atoms with van der Waals surface area (Å²) in [6, 6.07) is 7.88. The molecule has 0 unspecified atom stereocenters. The normalized spacial score (nSPS) is 10.8. The number of hydrogen-bond donors (Lipinski definition) is 0. The molecule has 19 heavy (non-hydrogen) atoms. The smallest absolute Gasteiger partial charge is 0.147 e. The molecule has 0 saturated carbocycles. The largest absolute Gasteiger partial charge is 0.354 e. The molecule has 96 valence electrons. The first-order valence-electron chi connectivity index (χ1n) is 6.13. The second-order valence-electron chi connectivity index (χ2n) is 4.60. The quantitative estimate of drug-likeness (QED) is 0.716. The van der Waals surface area contributed by atoms with E-state index in [4.69, 9.17) is 0 Å². The van der Waals surface area contributed by atoms with Gasteiger partial charge in [-0.15, -0.1) is 0 Å². The fraction of sp³-hybridized carbons (Fsp3) is 0.214. The Labute approximate surface area is 111 Å². The number of hydrogen-bond acceptors (Lipinski definition) is 4. The Balaban J connectivity index is 1.86. The van der Waals surface area contributed by atoms with Gasteiger partial charge >= 0.3 is 0 Å². The first-order valence-corrected chi connectivity index (χ1v) is 6.13. The van der Waals surface area contributed by atoms with Crippen molar-refractivity contribution in [3.63, 3.8) is 0 Å². The summed E-state index contributed by atoms with van der Waals surface area (Å²) in [5.41, 5.74) is 2.99. The predicted molar refractivity (Wildman–Crippen MR) is 74.9 cm³/mol. The average Bonchev–Trinajstić information content (AvgIpc) is 2.83. The Morgan fingerprint density at radius 3 is 2.68 bits per heavy atom. The van der Waals surface area contributed by atoms with Gasteiger partial charge in [-0.2, -0.15) is 5.10 Å². The molecule has 0 spiro atoms. The van der Waals surface area contributed by atoms with Crippen LogP contribution in [0.4, 0.5) is 5.82 Å². The molecule has 5 nitrogen and oxygen atoms in total. The summed E-state index contributed by atoms with van der Waals surface area (Å²) in [4.78, 5) is 11.1. The van der Waals surface area contributed by atoms with E-state index in [9.17, 15) is 0 Å². The third-order valence-corrected chi connectivity index (χ3v) is 3.01. The summed E-state index contributed by atoms with van der Waals surface area (Å²) < 4.78 is 1.80. The van der Waals surface area contributed by atoms with E-state index in [0.717, 1.165) is 29.0 Å². The fourth-order valence-corrected chi connectivity index (χ4v) is 2.04. The summed E-state index contributed by atoms with van der Waals surface area (Å²) in [5, 5.41) is 4.17. The van der Waals surface area contributed by atoms with E-state index in [2.05, 4.69) is 20.0 Å². The lowest BCUT2D eigenvalue weighted by molar-refractivity contribution is 0.766. The highest BCUT2D eigenvalue weighted by Gasteiger charge is 2.06. The second kappa shape index (κ2) is 4.68. The van der Waals surface area contributed by atoms with E-state index in [-0.39, 0.29) is 0 Å². The zero-order valence-electron chi connectivity index (χ0n) is 11.0. The van der Waals surface area contributed by atoms with Crippen molar-refractivity contribution in [3.8, 4) is 0 Å². The maximum absolute atomic E-state index is 4.61. The predicted octanol–water partition coefficient (Wildman–Crippen LogP) is 2.00. The summed E-state index contributed by atoms with van der Waals surface area (Å²) in [6.07, 6.45) is 5.68. The van der Waals surface area contributed by atoms with Crippen molar-refractivity contribution in [2.75, 3.05) is 11.9 Å². The highest BCUT2D eigenvalue weighted by atomic mass is 15.2. The topological polar surface area (TPSA) is 46.8 Å². The first kappa shape index (κ1) is 11.6. The number of anilines is 1. The van der Waals surface area contributed by atoms with Gasteiger partial charge in [0.25, 0.3) is 0 Å². The summed E-state index contributed by atoms with van der Waals surface area (Å²) >= 11 is 0. The van der Waals surface area contributed by atoms with Gasteiger partial charge in [-0.1, -0.05) is 12.1 Å². The Morgan fingerprint density at radius 2 is 1.95 bits per heavy atom. The van der Waals surface area contributed by atoms with Gasteiger partial charge < -0.3 is 4.90 Å². The lowest BCUT2D eigenvalue weighted by atomic mass is 10.3. The first-order chi connectivity index (χ1) is 9.22. The van der Waals surface area contributed by atoms with E-state index in [1.54, 1.807) is 10.9 Å². The number of para-hydroxylation sites is 2. The molecule has 3 rings (SSSR count). The molecule has 2 heterocycles. The summed E-state index contributed by atoms with van der Waals surface area (Å²) in [7, 11) is 3.92. The Kier molecular flexibility index (Phi) is 2.87. The van der Waals surface area contributed by atoms with Gasteiger partial charge in [0, 0.05) is 32.4 Å². The van der Waals surface area contributed by atoms with Crippen LogP contribution >= 0.6 is 0 Å². The van der Waals surface area contributed by atoms with Gasteiger partial charge in [0.2, 0.25) is 0 Å². The Bertz CT molecular complexity index is 704. The number of fused-ring (bicyclic) bond motifs is 1. The minimum absolute atomic E-state index is 0.765. The molecule has 0 atom stereocenters. The van der Waals surface area contributed by atoms with Crippen molar-refractivity contribution in [2.45, 2.75) is 6.54 Å². The van der Waals surface area contributed by atoms with Crippen LogP contribution in [0.25, 0.3) is 11.0 Å². The molecule has 0 aliphatic rings. The van der Waals surface area contributed by atoms with Gasteiger partial charge in [-0.05, 0) is 12.1 Å². The van der Waals surface area contributed by atoms with Gasteiger partial charge in [0.05, 0.1) is 23.4 Å². The third-order valence-electron chi connectivity index (χ3n) is 3.01. The van der Waals surface area contributed by atoms with E-state index in [1.807, 2.05) is 50.8 Å². The maximum Gasteiger partial charge on any atom is 0.147 e. The van der Waals surface area contributed by atoms with Crippen molar-refractivity contribution in [1.29, 1.82) is 0 Å². The van der Waals surface area contributed by atoms with Crippen molar-refractivity contribution >= 4 is 16.9 Å². The zero-order valence-corrected chi connectivity index (χ0v) is 11.0. The van der Waals surface area contributed by atoms with Crippen LogP contribution in [0, 0.1) is 0 Å². The molecule has 2 aromatic heterocycles. The molecule has 0 saturated heterocycles. The van der Waals surface area contributed by atoms with Crippen molar-refractivity contribution < 1.29 is 0 Å². The van der Waals surface area contributed by atoms with Gasteiger partial charge in [-0.25, -0.2) is 4.98 Å². The van der Waals surface area contributed by atoms with E-state index in [1.165, 1.54) is 0 Å². The number of aromatic nitrogens is 4. The lowest BCUT2D eigenvalue weighted by Crippen LogP contribution is -2.17. The molecule has 0 aliphatic heterocycles. The van der Waals surface area contributed by atoms with Crippen LogP contribution in [0.15, 0.2) is 42.9 Å². The molecular formula is C14H15N5. The highest BCUT2D eigenvalue weighted by molar-refractivity contribution is 5.75. The van der Waals surface area contributed by atoms with Crippen molar-refractivity contribution in [2.24, 2.45) is 7.05 Å². The van der Waals surface area contributed by atoms with Crippen LogP contribution in [0.5, 0.6) is 0 Å². The minimum atomic E-state index is 0.765. The van der Waals surface area contributed by atoms with Crippen molar-refractivity contribution in [3.05, 3.63) is 48.4 Å². The SMILES string of the molecule is CN(Cc1cnn(C)c1)c1cnc2ccccc2n1. The van der Waals surface area contributed by atoms with E-state index >= 15 is 0 Å². The van der Waals surface area contributed by atoms with E-state index < -0.39 is 0 Å². The molecule has 0 bridgehead atoms. The maximum atomic E-state index is 4.61. The molecule has 0 amide bonds. The Morgan fingerprint density at radius 1 is 1.16 bits per heavy atom. The number of nitrogens with zero attached hydrogens (tertiary/aromatic N) is 5. The molecule has 0 N–H and O–H groups in total. The molecule has 3 aromatic rings. The molecule has 1 aromatic carbocycles. The molecular weight excluding hydrogens is 238 g/mol. The van der Waals surface area contributed by atoms with Crippen LogP contribution in [0.1, 0.15) is 5.56 Å². The van der Waals surface area contributed by atoms with Crippen LogP contribution < -0.4 is 4.90 Å². The molecule has 5 heteroatoms. The van der Waals surface area contributed by atoms with Crippen LogP contribution in [0.2, 0.25) is 0 Å². The lowest BCUT2D eigenvalue weighted by Gasteiger charge is -2.17. The molecule has 0 radical (unpaired) electrons. The number of benzene rings is 1. The summed E-state index contributed by atoms with van der Waals surface area (Å²) in [5.74, 6) is 0.863. The number of aryl methyl sites for hydroxylation is 1. The third kappa shape index (κ3) is 2.40. The zero-order chi connectivity index (χ0) is 13.2. The van der Waals surface area contributed by atoms with E-state index in [0.29, 0.717) is 0 Å². The Hall–Kier alpha value is -2.43. The summed E-state index contributed by atoms with van der Waals surface area (Å²) in [6.45, 7) is 0.765. The average molecular weight is 253 g/mol. The van der Waals surface area contributed by atoms with Crippen LogP contribution in [-0.2, 0) is 13.6 Å². The highest BCUT2D eigenvalue weighted by Crippen LogP contribution is 2.15. The standard InChI is InChI=1S/C14H15N5/c1-18(9-11-7-16-19(2)10-11)14-8-15-12-5-3-4-6-13(12)17-14/h3-8,10H,9H2,1-2H3. The number of rotatable bonds is 3. The van der Waals surface area contributed by atoms with Gasteiger partial charge in [-0.3, -0.25) is 9.67 Å². The van der Waals surface area contributed by atoms with Gasteiger partial charge in [0.15, 0.2) is 0 Å². The van der Waals surface area contributed by atoms with Gasteiger partial charge in [0.1, 0.15) is 5.82 Å². The molecule has 0 aliphatic carbocycles. The fourth-order valence-electron chi connectivity index (χ4n) is 2.04. The van der Waals surface area contributed by atoms with Crippen LogP contribution in [-0.4, -0.2) is 26.8 Å². The van der Waals surface area contributed by atoms with Crippen LogP contribution in [0.3, 0.4) is 0 Å². The van der Waals surface area contributed by atoms with Crippen molar-refractivity contribution in [1.82, 2.24) is 19.7 Å². The second-order valence-corrected chi connectivity index (χ2v) is 4.60. The molecule has 0 fully saturated rings. The minimum Gasteiger partial charge on any atom is -0.354 e.